The number of fused-ring (bicyclic) bond motifs is 1. The van der Waals surface area contributed by atoms with E-state index < -0.39 is 5.92 Å². The van der Waals surface area contributed by atoms with Gasteiger partial charge in [-0.1, -0.05) is 25.1 Å². The molecular weight excluding hydrogens is 272 g/mol. The van der Waals surface area contributed by atoms with Gasteiger partial charge in [0, 0.05) is 18.2 Å². The lowest BCUT2D eigenvalue weighted by molar-refractivity contribution is -0.0504. The highest BCUT2D eigenvalue weighted by molar-refractivity contribution is 5.77. The fourth-order valence-corrected chi connectivity index (χ4v) is 3.27. The van der Waals surface area contributed by atoms with E-state index in [0.29, 0.717) is 12.8 Å². The average molecular weight is 293 g/mol. The minimum absolute atomic E-state index is 0.0141. The maximum absolute atomic E-state index is 13.4. The topological polar surface area (TPSA) is 25.2 Å². The van der Waals surface area contributed by atoms with Crippen molar-refractivity contribution in [1.82, 2.24) is 5.32 Å². The number of furan rings is 1. The van der Waals surface area contributed by atoms with Crippen LogP contribution in [0.3, 0.4) is 0 Å². The van der Waals surface area contributed by atoms with Gasteiger partial charge in [-0.3, -0.25) is 0 Å². The second-order valence-corrected chi connectivity index (χ2v) is 5.92. The zero-order valence-corrected chi connectivity index (χ0v) is 12.2. The minimum atomic E-state index is -2.48. The van der Waals surface area contributed by atoms with Crippen molar-refractivity contribution >= 4 is 11.0 Å². The number of nitrogens with one attached hydrogen (secondary N) is 1. The lowest BCUT2D eigenvalue weighted by Gasteiger charge is -2.33. The molecule has 4 heteroatoms. The van der Waals surface area contributed by atoms with E-state index >= 15 is 0 Å². The predicted octanol–water partition coefficient (Wildman–Crippen LogP) is 4.91. The third-order valence-electron chi connectivity index (χ3n) is 4.41. The van der Waals surface area contributed by atoms with Crippen LogP contribution in [0.5, 0.6) is 0 Å². The fourth-order valence-electron chi connectivity index (χ4n) is 3.27. The molecule has 0 radical (unpaired) electrons. The van der Waals surface area contributed by atoms with Crippen LogP contribution in [0.15, 0.2) is 34.7 Å². The Bertz CT molecular complexity index is 565. The lowest BCUT2D eigenvalue weighted by atomic mass is 9.81. The molecule has 1 aromatic heterocycles. The molecule has 1 heterocycles. The number of benzene rings is 1. The average Bonchev–Trinajstić information content (AvgIpc) is 2.89. The number of para-hydroxylation sites is 1. The quantitative estimate of drug-likeness (QED) is 0.866. The van der Waals surface area contributed by atoms with E-state index in [4.69, 9.17) is 4.42 Å². The molecule has 1 aliphatic carbocycles. The van der Waals surface area contributed by atoms with Crippen molar-refractivity contribution in [3.05, 3.63) is 36.1 Å². The summed E-state index contributed by atoms with van der Waals surface area (Å²) in [5.41, 5.74) is 0.858. The number of halogens is 2. The Hall–Kier alpha value is -1.42. The highest BCUT2D eigenvalue weighted by atomic mass is 19.3. The normalized spacial score (nSPS) is 20.7. The van der Waals surface area contributed by atoms with Gasteiger partial charge >= 0.3 is 0 Å². The van der Waals surface area contributed by atoms with E-state index in [-0.39, 0.29) is 24.8 Å². The highest BCUT2D eigenvalue weighted by Gasteiger charge is 2.38. The molecule has 1 atom stereocenters. The minimum Gasteiger partial charge on any atom is -0.459 e. The Kier molecular flexibility index (Phi) is 3.98. The Morgan fingerprint density at radius 1 is 1.29 bits per heavy atom. The van der Waals surface area contributed by atoms with Gasteiger partial charge in [0.2, 0.25) is 5.92 Å². The van der Waals surface area contributed by atoms with Crippen LogP contribution in [0, 0.1) is 5.92 Å². The second-order valence-electron chi connectivity index (χ2n) is 5.92. The molecule has 3 rings (SSSR count). The third kappa shape index (κ3) is 3.10. The van der Waals surface area contributed by atoms with E-state index in [2.05, 4.69) is 5.32 Å². The molecule has 2 aromatic rings. The number of rotatable bonds is 4. The molecule has 1 aromatic carbocycles. The van der Waals surface area contributed by atoms with E-state index in [1.165, 1.54) is 0 Å². The second kappa shape index (κ2) is 5.76. The van der Waals surface area contributed by atoms with Gasteiger partial charge in [0.25, 0.3) is 0 Å². The molecule has 114 valence electrons. The van der Waals surface area contributed by atoms with Crippen LogP contribution in [-0.2, 0) is 0 Å². The number of alkyl halides is 2. The van der Waals surface area contributed by atoms with Crippen molar-refractivity contribution in [3.8, 4) is 0 Å². The molecule has 1 saturated carbocycles. The Morgan fingerprint density at radius 3 is 2.67 bits per heavy atom. The summed E-state index contributed by atoms with van der Waals surface area (Å²) in [5.74, 6) is -1.40. The first-order chi connectivity index (χ1) is 10.1. The van der Waals surface area contributed by atoms with Crippen molar-refractivity contribution in [2.75, 3.05) is 6.54 Å². The summed E-state index contributed by atoms with van der Waals surface area (Å²) >= 11 is 0. The van der Waals surface area contributed by atoms with Crippen molar-refractivity contribution in [1.29, 1.82) is 0 Å². The molecular formula is C17H21F2NO. The number of hydrogen-bond acceptors (Lipinski definition) is 2. The van der Waals surface area contributed by atoms with Gasteiger partial charge in [0.1, 0.15) is 11.3 Å². The summed E-state index contributed by atoms with van der Waals surface area (Å²) in [5, 5.41) is 4.48. The van der Waals surface area contributed by atoms with Crippen LogP contribution in [0.4, 0.5) is 8.78 Å². The Labute approximate surface area is 123 Å². The summed E-state index contributed by atoms with van der Waals surface area (Å²) in [6, 6.07) is 9.94. The van der Waals surface area contributed by atoms with Crippen molar-refractivity contribution in [2.45, 2.75) is 44.6 Å². The van der Waals surface area contributed by atoms with Crippen LogP contribution in [-0.4, -0.2) is 12.5 Å². The van der Waals surface area contributed by atoms with Gasteiger partial charge in [0.05, 0.1) is 6.04 Å². The SMILES string of the molecule is CCNC(c1cc2ccccc2o1)C1CCC(F)(F)CC1. The van der Waals surface area contributed by atoms with E-state index in [1.807, 2.05) is 37.3 Å². The van der Waals surface area contributed by atoms with E-state index in [0.717, 1.165) is 23.3 Å². The zero-order valence-electron chi connectivity index (χ0n) is 12.2. The molecule has 1 N–H and O–H groups in total. The first-order valence-electron chi connectivity index (χ1n) is 7.69. The van der Waals surface area contributed by atoms with Gasteiger partial charge < -0.3 is 9.73 Å². The smallest absolute Gasteiger partial charge is 0.248 e. The summed E-state index contributed by atoms with van der Waals surface area (Å²) in [6.07, 6.45) is 1.06. The molecule has 1 fully saturated rings. The van der Waals surface area contributed by atoms with E-state index in [9.17, 15) is 8.78 Å². The first kappa shape index (κ1) is 14.5. The molecule has 1 unspecified atom stereocenters. The first-order valence-corrected chi connectivity index (χ1v) is 7.69. The van der Waals surface area contributed by atoms with Gasteiger partial charge in [-0.05, 0) is 37.4 Å². The van der Waals surface area contributed by atoms with Gasteiger partial charge in [-0.2, -0.15) is 0 Å². The molecule has 0 amide bonds. The molecule has 0 saturated heterocycles. The standard InChI is InChI=1S/C17H21F2NO/c1-2-20-16(12-7-9-17(18,19)10-8-12)15-11-13-5-3-4-6-14(13)21-15/h3-6,11-12,16,20H,2,7-10H2,1H3. The summed E-state index contributed by atoms with van der Waals surface area (Å²) in [6.45, 7) is 2.84. The van der Waals surface area contributed by atoms with Gasteiger partial charge in [-0.25, -0.2) is 8.78 Å². The monoisotopic (exact) mass is 293 g/mol. The maximum atomic E-state index is 13.4. The molecule has 0 aliphatic heterocycles. The molecule has 21 heavy (non-hydrogen) atoms. The molecule has 2 nitrogen and oxygen atoms in total. The third-order valence-corrected chi connectivity index (χ3v) is 4.41. The number of hydrogen-bond donors (Lipinski definition) is 1. The van der Waals surface area contributed by atoms with Crippen molar-refractivity contribution in [3.63, 3.8) is 0 Å². The summed E-state index contributed by atoms with van der Waals surface area (Å²) in [7, 11) is 0. The summed E-state index contributed by atoms with van der Waals surface area (Å²) < 4.78 is 32.6. The molecule has 1 aliphatic rings. The Morgan fingerprint density at radius 2 is 2.00 bits per heavy atom. The van der Waals surface area contributed by atoms with Crippen molar-refractivity contribution in [2.24, 2.45) is 5.92 Å². The zero-order chi connectivity index (χ0) is 14.9. The van der Waals surface area contributed by atoms with Gasteiger partial charge in [-0.15, -0.1) is 0 Å². The fraction of sp³-hybridized carbons (Fsp3) is 0.529. The van der Waals surface area contributed by atoms with Crippen LogP contribution >= 0.6 is 0 Å². The predicted molar refractivity (Wildman–Crippen MR) is 79.5 cm³/mol. The van der Waals surface area contributed by atoms with Crippen molar-refractivity contribution < 1.29 is 13.2 Å². The largest absolute Gasteiger partial charge is 0.459 e. The van der Waals surface area contributed by atoms with Gasteiger partial charge in [0.15, 0.2) is 0 Å². The molecule has 0 spiro atoms. The van der Waals surface area contributed by atoms with Crippen LogP contribution < -0.4 is 5.32 Å². The highest BCUT2D eigenvalue weighted by Crippen LogP contribution is 2.42. The molecule has 0 bridgehead atoms. The van der Waals surface area contributed by atoms with E-state index in [1.54, 1.807) is 0 Å². The van der Waals surface area contributed by atoms with Crippen LogP contribution in [0.25, 0.3) is 11.0 Å². The van der Waals surface area contributed by atoms with Crippen LogP contribution in [0.2, 0.25) is 0 Å². The lowest BCUT2D eigenvalue weighted by Crippen LogP contribution is -2.33. The summed E-state index contributed by atoms with van der Waals surface area (Å²) in [4.78, 5) is 0. The van der Waals surface area contributed by atoms with Crippen LogP contribution in [0.1, 0.15) is 44.4 Å². The Balaban J connectivity index is 1.84. The maximum Gasteiger partial charge on any atom is 0.248 e.